The van der Waals surface area contributed by atoms with Crippen LogP contribution in [0, 0.1) is 11.8 Å². The lowest BCUT2D eigenvalue weighted by Gasteiger charge is -2.39. The molecule has 3 atom stereocenters. The van der Waals surface area contributed by atoms with Gasteiger partial charge in [0, 0.05) is 19.3 Å². The predicted octanol–water partition coefficient (Wildman–Crippen LogP) is 1.71. The molecule has 17 heavy (non-hydrogen) atoms. The van der Waals surface area contributed by atoms with E-state index in [0.29, 0.717) is 16.8 Å². The van der Waals surface area contributed by atoms with Crippen molar-refractivity contribution in [1.29, 1.82) is 0 Å². The number of nitrogens with one attached hydrogen (secondary N) is 1. The van der Waals surface area contributed by atoms with Crippen LogP contribution in [0.3, 0.4) is 0 Å². The Labute approximate surface area is 108 Å². The summed E-state index contributed by atoms with van der Waals surface area (Å²) in [5.41, 5.74) is 6.89. The number of nitrogens with two attached hydrogens (primary N) is 1. The van der Waals surface area contributed by atoms with E-state index in [0.717, 1.165) is 18.8 Å². The van der Waals surface area contributed by atoms with Crippen LogP contribution < -0.4 is 5.73 Å². The summed E-state index contributed by atoms with van der Waals surface area (Å²) in [5.74, 6) is 1.39. The van der Waals surface area contributed by atoms with Crippen molar-refractivity contribution in [3.8, 4) is 0 Å². The number of hydrogen-bond acceptors (Lipinski definition) is 3. The van der Waals surface area contributed by atoms with Crippen LogP contribution in [0.1, 0.15) is 32.0 Å². The molecule has 94 valence electrons. The van der Waals surface area contributed by atoms with Crippen molar-refractivity contribution in [3.63, 3.8) is 0 Å². The van der Waals surface area contributed by atoms with Gasteiger partial charge in [-0.15, -0.1) is 0 Å². The van der Waals surface area contributed by atoms with E-state index in [1.54, 1.807) is 6.33 Å². The highest BCUT2D eigenvalue weighted by Crippen LogP contribution is 2.28. The zero-order chi connectivity index (χ0) is 12.4. The molecule has 5 heteroatoms. The van der Waals surface area contributed by atoms with Crippen molar-refractivity contribution in [2.45, 2.75) is 26.3 Å². The summed E-state index contributed by atoms with van der Waals surface area (Å²) in [7, 11) is 0. The zero-order valence-corrected chi connectivity index (χ0v) is 11.2. The number of aromatic amines is 1. The molecule has 0 aliphatic carbocycles. The second kappa shape index (κ2) is 5.14. The molecule has 1 aliphatic rings. The van der Waals surface area contributed by atoms with Crippen molar-refractivity contribution >= 4 is 17.2 Å². The van der Waals surface area contributed by atoms with Crippen molar-refractivity contribution < 1.29 is 0 Å². The lowest BCUT2D eigenvalue weighted by Crippen LogP contribution is -2.45. The van der Waals surface area contributed by atoms with Crippen molar-refractivity contribution in [1.82, 2.24) is 14.9 Å². The molecule has 3 N–H and O–H groups in total. The molecule has 1 aromatic heterocycles. The smallest absolute Gasteiger partial charge is 0.102 e. The summed E-state index contributed by atoms with van der Waals surface area (Å²) in [6, 6.07) is -0.00213. The lowest BCUT2D eigenvalue weighted by atomic mass is 9.90. The average Bonchev–Trinajstić information content (AvgIpc) is 2.68. The molecule has 0 aromatic carbocycles. The van der Waals surface area contributed by atoms with Gasteiger partial charge in [-0.3, -0.25) is 4.90 Å². The molecule has 0 spiro atoms. The molecule has 1 saturated heterocycles. The topological polar surface area (TPSA) is 57.9 Å². The third-order valence-electron chi connectivity index (χ3n) is 3.35. The SMILES string of the molecule is CC1CC(C)CN(C(C(N)=S)c2cnc[nH]2)C1. The van der Waals surface area contributed by atoms with Crippen molar-refractivity contribution in [2.24, 2.45) is 17.6 Å². The number of hydrogen-bond donors (Lipinski definition) is 2. The molecule has 1 aromatic rings. The Morgan fingerprint density at radius 2 is 2.18 bits per heavy atom. The number of aromatic nitrogens is 2. The van der Waals surface area contributed by atoms with Crippen LogP contribution in [0.15, 0.2) is 12.5 Å². The summed E-state index contributed by atoms with van der Waals surface area (Å²) in [4.78, 5) is 10.1. The van der Waals surface area contributed by atoms with E-state index in [1.165, 1.54) is 6.42 Å². The molecule has 0 radical (unpaired) electrons. The first-order valence-corrected chi connectivity index (χ1v) is 6.50. The number of imidazole rings is 1. The fraction of sp³-hybridized carbons (Fsp3) is 0.667. The molecule has 1 fully saturated rings. The molecule has 0 bridgehead atoms. The van der Waals surface area contributed by atoms with E-state index in [9.17, 15) is 0 Å². The Bertz CT molecular complexity index is 366. The minimum absolute atomic E-state index is 0.00213. The van der Waals surface area contributed by atoms with E-state index in [1.807, 2.05) is 6.20 Å². The summed E-state index contributed by atoms with van der Waals surface area (Å²) >= 11 is 5.21. The Morgan fingerprint density at radius 1 is 1.53 bits per heavy atom. The summed E-state index contributed by atoms with van der Waals surface area (Å²) in [6.07, 6.45) is 4.77. The van der Waals surface area contributed by atoms with E-state index in [-0.39, 0.29) is 6.04 Å². The summed E-state index contributed by atoms with van der Waals surface area (Å²) < 4.78 is 0. The van der Waals surface area contributed by atoms with Gasteiger partial charge >= 0.3 is 0 Å². The van der Waals surface area contributed by atoms with Gasteiger partial charge in [0.25, 0.3) is 0 Å². The van der Waals surface area contributed by atoms with Gasteiger partial charge in [-0.05, 0) is 18.3 Å². The number of rotatable bonds is 3. The molecule has 2 rings (SSSR count). The van der Waals surface area contributed by atoms with Gasteiger partial charge in [-0.25, -0.2) is 4.98 Å². The van der Waals surface area contributed by atoms with Gasteiger partial charge in [-0.2, -0.15) is 0 Å². The third-order valence-corrected chi connectivity index (χ3v) is 3.57. The fourth-order valence-corrected chi connectivity index (χ4v) is 3.14. The molecule has 2 heterocycles. The largest absolute Gasteiger partial charge is 0.392 e. The lowest BCUT2D eigenvalue weighted by molar-refractivity contribution is 0.121. The van der Waals surface area contributed by atoms with Crippen LogP contribution in [0.2, 0.25) is 0 Å². The number of likely N-dealkylation sites (tertiary alicyclic amines) is 1. The second-order valence-corrected chi connectivity index (χ2v) is 5.68. The Kier molecular flexibility index (Phi) is 3.79. The van der Waals surface area contributed by atoms with Crippen LogP contribution in [0.25, 0.3) is 0 Å². The third kappa shape index (κ3) is 2.84. The van der Waals surface area contributed by atoms with Gasteiger partial charge < -0.3 is 10.7 Å². The van der Waals surface area contributed by atoms with E-state index < -0.39 is 0 Å². The van der Waals surface area contributed by atoms with Gasteiger partial charge in [0.1, 0.15) is 6.04 Å². The highest BCUT2D eigenvalue weighted by atomic mass is 32.1. The predicted molar refractivity (Wildman–Crippen MR) is 72.6 cm³/mol. The van der Waals surface area contributed by atoms with Crippen LogP contribution in [0.5, 0.6) is 0 Å². The minimum Gasteiger partial charge on any atom is -0.392 e. The highest BCUT2D eigenvalue weighted by Gasteiger charge is 2.30. The Hall–Kier alpha value is -0.940. The highest BCUT2D eigenvalue weighted by molar-refractivity contribution is 7.80. The van der Waals surface area contributed by atoms with Gasteiger partial charge in [0.05, 0.1) is 17.0 Å². The van der Waals surface area contributed by atoms with Crippen molar-refractivity contribution in [3.05, 3.63) is 18.2 Å². The van der Waals surface area contributed by atoms with E-state index in [4.69, 9.17) is 18.0 Å². The fourth-order valence-electron chi connectivity index (χ4n) is 2.87. The first-order valence-electron chi connectivity index (χ1n) is 6.09. The van der Waals surface area contributed by atoms with Gasteiger partial charge in [-0.1, -0.05) is 26.1 Å². The Morgan fingerprint density at radius 3 is 2.65 bits per heavy atom. The van der Waals surface area contributed by atoms with Crippen LogP contribution in [-0.2, 0) is 0 Å². The molecule has 1 aliphatic heterocycles. The quantitative estimate of drug-likeness (QED) is 0.804. The zero-order valence-electron chi connectivity index (χ0n) is 10.4. The van der Waals surface area contributed by atoms with Crippen LogP contribution in [0.4, 0.5) is 0 Å². The summed E-state index contributed by atoms with van der Waals surface area (Å²) in [6.45, 7) is 6.66. The maximum Gasteiger partial charge on any atom is 0.102 e. The first-order chi connectivity index (χ1) is 8.08. The molecule has 0 saturated carbocycles. The van der Waals surface area contributed by atoms with Crippen LogP contribution >= 0.6 is 12.2 Å². The summed E-state index contributed by atoms with van der Waals surface area (Å²) in [5, 5.41) is 0. The maximum atomic E-state index is 5.89. The number of H-pyrrole nitrogens is 1. The minimum atomic E-state index is -0.00213. The van der Waals surface area contributed by atoms with Gasteiger partial charge in [0.2, 0.25) is 0 Å². The Balaban J connectivity index is 2.19. The molecule has 3 unspecified atom stereocenters. The normalized spacial score (nSPS) is 27.9. The molecular weight excluding hydrogens is 232 g/mol. The molecule has 4 nitrogen and oxygen atoms in total. The molecular formula is C12H20N4S. The number of piperidine rings is 1. The second-order valence-electron chi connectivity index (χ2n) is 5.21. The first kappa shape index (κ1) is 12.5. The van der Waals surface area contributed by atoms with Crippen molar-refractivity contribution in [2.75, 3.05) is 13.1 Å². The standard InChI is InChI=1S/C12H20N4S/c1-8-3-9(2)6-16(5-8)11(12(13)17)10-4-14-7-15-10/h4,7-9,11H,3,5-6H2,1-2H3,(H2,13,17)(H,14,15). The van der Waals surface area contributed by atoms with Gasteiger partial charge in [0.15, 0.2) is 0 Å². The van der Waals surface area contributed by atoms with E-state index >= 15 is 0 Å². The molecule has 0 amide bonds. The monoisotopic (exact) mass is 252 g/mol. The van der Waals surface area contributed by atoms with E-state index in [2.05, 4.69) is 28.7 Å². The average molecular weight is 252 g/mol. The maximum absolute atomic E-state index is 5.89. The number of nitrogens with zero attached hydrogens (tertiary/aromatic N) is 2. The number of thiocarbonyl (C=S) groups is 1. The van der Waals surface area contributed by atoms with Crippen LogP contribution in [-0.4, -0.2) is 32.9 Å².